The zero-order chi connectivity index (χ0) is 16.6. The summed E-state index contributed by atoms with van der Waals surface area (Å²) < 4.78 is 11.4. The Hall–Kier alpha value is -0.790. The van der Waals surface area contributed by atoms with Crippen LogP contribution in [0.4, 0.5) is 0 Å². The number of carbonyl (C=O) groups excluding carboxylic acids is 1. The molecule has 0 aliphatic carbocycles. The van der Waals surface area contributed by atoms with Gasteiger partial charge < -0.3 is 19.8 Å². The van der Waals surface area contributed by atoms with Crippen LogP contribution in [0.15, 0.2) is 16.5 Å². The zero-order valence-electron chi connectivity index (χ0n) is 15.0. The molecule has 0 saturated carbocycles. The van der Waals surface area contributed by atoms with Gasteiger partial charge in [-0.05, 0) is 32.9 Å². The fraction of sp³-hybridized carbons (Fsp3) is 0.706. The molecule has 0 bridgehead atoms. The fourth-order valence-electron chi connectivity index (χ4n) is 3.67. The van der Waals surface area contributed by atoms with E-state index in [0.29, 0.717) is 19.6 Å². The molecule has 2 saturated heterocycles. The van der Waals surface area contributed by atoms with E-state index in [2.05, 4.69) is 4.90 Å². The highest BCUT2D eigenvalue weighted by atomic mass is 35.5. The van der Waals surface area contributed by atoms with Gasteiger partial charge in [-0.3, -0.25) is 9.69 Å². The number of nitrogens with zero attached hydrogens (tertiary/aromatic N) is 2. The van der Waals surface area contributed by atoms with Crippen LogP contribution < -0.4 is 5.73 Å². The first-order valence-electron chi connectivity index (χ1n) is 8.40. The van der Waals surface area contributed by atoms with Gasteiger partial charge >= 0.3 is 0 Å². The van der Waals surface area contributed by atoms with E-state index in [1.807, 2.05) is 37.8 Å². The summed E-state index contributed by atoms with van der Waals surface area (Å²) in [6, 6.07) is 3.97. The molecule has 0 unspecified atom stereocenters. The third-order valence-electron chi connectivity index (χ3n) is 4.70. The first-order chi connectivity index (χ1) is 10.9. The van der Waals surface area contributed by atoms with Crippen LogP contribution in [0.3, 0.4) is 0 Å². The molecule has 3 rings (SSSR count). The quantitative estimate of drug-likeness (QED) is 0.847. The number of rotatable bonds is 3. The van der Waals surface area contributed by atoms with Gasteiger partial charge in [0.1, 0.15) is 11.5 Å². The molecule has 2 aliphatic rings. The summed E-state index contributed by atoms with van der Waals surface area (Å²) in [5.74, 6) is 2.16. The number of furan rings is 1. The van der Waals surface area contributed by atoms with Gasteiger partial charge in [0.15, 0.2) is 0 Å². The minimum Gasteiger partial charge on any atom is -0.466 e. The number of morpholine rings is 1. The molecule has 0 radical (unpaired) electrons. The highest BCUT2D eigenvalue weighted by Crippen LogP contribution is 2.28. The van der Waals surface area contributed by atoms with Gasteiger partial charge in [-0.2, -0.15) is 0 Å². The summed E-state index contributed by atoms with van der Waals surface area (Å²) in [4.78, 5) is 16.6. The van der Waals surface area contributed by atoms with Gasteiger partial charge in [0.25, 0.3) is 0 Å². The molecule has 1 aromatic rings. The van der Waals surface area contributed by atoms with Crippen molar-refractivity contribution < 1.29 is 13.9 Å². The number of aryl methyl sites for hydroxylation is 1. The lowest BCUT2D eigenvalue weighted by Crippen LogP contribution is -2.51. The average Bonchev–Trinajstić information content (AvgIpc) is 3.03. The minimum atomic E-state index is 0. The summed E-state index contributed by atoms with van der Waals surface area (Å²) in [6.07, 6.45) is 0.199. The Bertz CT molecular complexity index is 559. The first kappa shape index (κ1) is 22.3. The topological polar surface area (TPSA) is 71.9 Å². The Balaban J connectivity index is 0.00000156. The molecule has 2 aliphatic heterocycles. The maximum absolute atomic E-state index is 12.6. The number of likely N-dealkylation sites (tertiary alicyclic amines) is 1. The smallest absolute Gasteiger partial charge is 0.236 e. The van der Waals surface area contributed by atoms with E-state index in [1.165, 1.54) is 0 Å². The maximum Gasteiger partial charge on any atom is 0.236 e. The number of hydrogen-bond acceptors (Lipinski definition) is 5. The Kier molecular flexibility index (Phi) is 8.22. The normalized spacial score (nSPS) is 29.8. The van der Waals surface area contributed by atoms with Gasteiger partial charge in [-0.1, -0.05) is 0 Å². The molecule has 0 spiro atoms. The van der Waals surface area contributed by atoms with E-state index in [1.54, 1.807) is 0 Å². The van der Waals surface area contributed by atoms with E-state index in [4.69, 9.17) is 14.9 Å². The minimum absolute atomic E-state index is 0. The molecule has 8 heteroatoms. The zero-order valence-corrected chi connectivity index (χ0v) is 16.6. The third-order valence-corrected chi connectivity index (χ3v) is 4.70. The van der Waals surface area contributed by atoms with Crippen molar-refractivity contribution in [2.75, 3.05) is 32.7 Å². The first-order valence-corrected chi connectivity index (χ1v) is 8.40. The monoisotopic (exact) mass is 393 g/mol. The third kappa shape index (κ3) is 5.34. The largest absolute Gasteiger partial charge is 0.466 e. The van der Waals surface area contributed by atoms with Crippen molar-refractivity contribution in [3.05, 3.63) is 23.7 Å². The summed E-state index contributed by atoms with van der Waals surface area (Å²) >= 11 is 0. The molecule has 0 aromatic carbocycles. The standard InChI is InChI=1S/C17H27N3O3.2ClH/c1-11-4-5-16(23-11)14-8-19(9-15(14)18)10-17(21)20-6-12(2)22-13(3)7-20;;/h4-5,12-15H,6-10,18H2,1-3H3;2*1H/t12-,13+,14-,15-;;/m0../s1. The number of ether oxygens (including phenoxy) is 1. The van der Waals surface area contributed by atoms with E-state index < -0.39 is 0 Å². The van der Waals surface area contributed by atoms with E-state index in [-0.39, 0.29) is 54.9 Å². The van der Waals surface area contributed by atoms with Gasteiger partial charge in [0.05, 0.1) is 18.8 Å². The molecule has 2 N–H and O–H groups in total. The Morgan fingerprint density at radius 1 is 1.16 bits per heavy atom. The van der Waals surface area contributed by atoms with Crippen LogP contribution >= 0.6 is 24.8 Å². The molecule has 3 heterocycles. The van der Waals surface area contributed by atoms with Crippen LogP contribution in [0.5, 0.6) is 0 Å². The van der Waals surface area contributed by atoms with E-state index >= 15 is 0 Å². The van der Waals surface area contributed by atoms with Gasteiger partial charge in [-0.15, -0.1) is 24.8 Å². The predicted octanol–water partition coefficient (Wildman–Crippen LogP) is 1.79. The summed E-state index contributed by atoms with van der Waals surface area (Å²) in [6.45, 7) is 9.22. The molecular weight excluding hydrogens is 365 g/mol. The van der Waals surface area contributed by atoms with E-state index in [9.17, 15) is 4.79 Å². The van der Waals surface area contributed by atoms with Crippen molar-refractivity contribution in [2.45, 2.75) is 44.9 Å². The van der Waals surface area contributed by atoms with Crippen LogP contribution in [0.1, 0.15) is 31.3 Å². The molecule has 1 amide bonds. The Labute approximate surface area is 161 Å². The van der Waals surface area contributed by atoms with Crippen LogP contribution in [0, 0.1) is 6.92 Å². The number of halogens is 2. The van der Waals surface area contributed by atoms with Crippen LogP contribution in [-0.2, 0) is 9.53 Å². The number of nitrogens with two attached hydrogens (primary N) is 1. The second kappa shape index (κ2) is 9.24. The Morgan fingerprint density at radius 3 is 2.36 bits per heavy atom. The molecule has 1 aromatic heterocycles. The second-order valence-corrected chi connectivity index (χ2v) is 6.97. The van der Waals surface area contributed by atoms with Crippen LogP contribution in [0.2, 0.25) is 0 Å². The van der Waals surface area contributed by atoms with Crippen molar-refractivity contribution in [3.8, 4) is 0 Å². The lowest BCUT2D eigenvalue weighted by molar-refractivity contribution is -0.144. The Morgan fingerprint density at radius 2 is 1.80 bits per heavy atom. The van der Waals surface area contributed by atoms with Gasteiger partial charge in [0.2, 0.25) is 5.91 Å². The molecular formula is C17H29Cl2N3O3. The summed E-state index contributed by atoms with van der Waals surface area (Å²) in [5.41, 5.74) is 6.26. The lowest BCUT2D eigenvalue weighted by atomic mass is 10.0. The molecule has 144 valence electrons. The molecule has 2 fully saturated rings. The summed E-state index contributed by atoms with van der Waals surface area (Å²) in [5, 5.41) is 0. The SMILES string of the molecule is Cc1ccc([C@H]2CN(CC(=O)N3C[C@@H](C)O[C@@H](C)C3)C[C@@H]2N)o1.Cl.Cl. The lowest BCUT2D eigenvalue weighted by Gasteiger charge is -2.36. The van der Waals surface area contributed by atoms with Crippen LogP contribution in [-0.4, -0.2) is 66.7 Å². The number of amides is 1. The highest BCUT2D eigenvalue weighted by Gasteiger charge is 2.35. The van der Waals surface area contributed by atoms with Crippen molar-refractivity contribution in [3.63, 3.8) is 0 Å². The predicted molar refractivity (Wildman–Crippen MR) is 102 cm³/mol. The molecule has 6 nitrogen and oxygen atoms in total. The molecule has 4 atom stereocenters. The van der Waals surface area contributed by atoms with Crippen LogP contribution in [0.25, 0.3) is 0 Å². The van der Waals surface area contributed by atoms with E-state index in [0.717, 1.165) is 24.6 Å². The maximum atomic E-state index is 12.6. The number of hydrogen-bond donors (Lipinski definition) is 1. The second-order valence-electron chi connectivity index (χ2n) is 6.97. The fourth-order valence-corrected chi connectivity index (χ4v) is 3.67. The van der Waals surface area contributed by atoms with Gasteiger partial charge in [-0.25, -0.2) is 0 Å². The number of carbonyl (C=O) groups is 1. The van der Waals surface area contributed by atoms with Crippen molar-refractivity contribution in [1.82, 2.24) is 9.80 Å². The average molecular weight is 394 g/mol. The molecule has 25 heavy (non-hydrogen) atoms. The van der Waals surface area contributed by atoms with Crippen molar-refractivity contribution in [2.24, 2.45) is 5.73 Å². The van der Waals surface area contributed by atoms with Crippen molar-refractivity contribution >= 4 is 30.7 Å². The highest BCUT2D eigenvalue weighted by molar-refractivity contribution is 5.85. The van der Waals surface area contributed by atoms with Crippen molar-refractivity contribution in [1.29, 1.82) is 0 Å². The summed E-state index contributed by atoms with van der Waals surface area (Å²) in [7, 11) is 0. The van der Waals surface area contributed by atoms with Gasteiger partial charge in [0, 0.05) is 38.1 Å².